The van der Waals surface area contributed by atoms with E-state index in [0.717, 1.165) is 37.1 Å². The van der Waals surface area contributed by atoms with Gasteiger partial charge in [-0.1, -0.05) is 0 Å². The fourth-order valence-corrected chi connectivity index (χ4v) is 5.26. The van der Waals surface area contributed by atoms with Crippen molar-refractivity contribution in [3.05, 3.63) is 24.3 Å². The topological polar surface area (TPSA) is 86.9 Å². The van der Waals surface area contributed by atoms with Crippen molar-refractivity contribution in [2.45, 2.75) is 43.7 Å². The largest absolute Gasteiger partial charge is 0.368 e. The maximum absolute atomic E-state index is 12.8. The van der Waals surface area contributed by atoms with Crippen LogP contribution in [-0.4, -0.2) is 47.4 Å². The summed E-state index contributed by atoms with van der Waals surface area (Å²) in [6, 6.07) is 7.69. The molecule has 5 rings (SSSR count). The van der Waals surface area contributed by atoms with Crippen molar-refractivity contribution in [1.29, 1.82) is 0 Å². The Hall–Kier alpha value is -2.57. The first kappa shape index (κ1) is 15.7. The molecule has 136 valence electrons. The smallest absolute Gasteiger partial charge is 0.325 e. The summed E-state index contributed by atoms with van der Waals surface area (Å²) >= 11 is 0. The van der Waals surface area contributed by atoms with Gasteiger partial charge in [0.05, 0.1) is 6.54 Å². The van der Waals surface area contributed by atoms with E-state index in [1.165, 1.54) is 0 Å². The van der Waals surface area contributed by atoms with Crippen LogP contribution in [0.1, 0.15) is 32.1 Å². The molecule has 1 aromatic carbocycles. The number of carbonyl (C=O) groups is 3. The SMILES string of the molecule is NC(=O)[C@]12CCCN1C(=O)N(c1ccc(N3C(=O)C4CCC3C4)cc1)C2. The van der Waals surface area contributed by atoms with Gasteiger partial charge in [-0.2, -0.15) is 0 Å². The summed E-state index contributed by atoms with van der Waals surface area (Å²) in [6.07, 6.45) is 4.46. The molecule has 4 amide bonds. The third-order valence-corrected chi connectivity index (χ3v) is 6.63. The Morgan fingerprint density at radius 1 is 1.12 bits per heavy atom. The fraction of sp³-hybridized carbons (Fsp3) is 0.526. The van der Waals surface area contributed by atoms with Gasteiger partial charge in [0.1, 0.15) is 5.54 Å². The molecule has 3 saturated heterocycles. The number of hydrogen-bond acceptors (Lipinski definition) is 3. The molecule has 2 N–H and O–H groups in total. The second-order valence-corrected chi connectivity index (χ2v) is 7.91. The molecule has 1 aromatic rings. The number of rotatable bonds is 3. The molecule has 2 unspecified atom stereocenters. The van der Waals surface area contributed by atoms with Gasteiger partial charge >= 0.3 is 6.03 Å². The molecule has 7 heteroatoms. The molecule has 7 nitrogen and oxygen atoms in total. The molecule has 2 bridgehead atoms. The molecule has 4 fully saturated rings. The third-order valence-electron chi connectivity index (χ3n) is 6.63. The molecule has 0 aromatic heterocycles. The van der Waals surface area contributed by atoms with Crippen LogP contribution < -0.4 is 15.5 Å². The summed E-state index contributed by atoms with van der Waals surface area (Å²) in [5, 5.41) is 0. The van der Waals surface area contributed by atoms with E-state index < -0.39 is 11.4 Å². The van der Waals surface area contributed by atoms with Crippen LogP contribution in [0.4, 0.5) is 16.2 Å². The maximum atomic E-state index is 12.8. The summed E-state index contributed by atoms with van der Waals surface area (Å²) in [4.78, 5) is 42.4. The van der Waals surface area contributed by atoms with Crippen molar-refractivity contribution in [1.82, 2.24) is 4.90 Å². The van der Waals surface area contributed by atoms with Crippen molar-refractivity contribution in [3.8, 4) is 0 Å². The number of primary amides is 1. The molecule has 26 heavy (non-hydrogen) atoms. The van der Waals surface area contributed by atoms with Gasteiger partial charge in [-0.05, 0) is 56.4 Å². The molecule has 1 aliphatic carbocycles. The van der Waals surface area contributed by atoms with E-state index >= 15 is 0 Å². The molecule has 0 spiro atoms. The van der Waals surface area contributed by atoms with Gasteiger partial charge in [-0.3, -0.25) is 14.5 Å². The second-order valence-electron chi connectivity index (χ2n) is 7.91. The number of benzene rings is 1. The van der Waals surface area contributed by atoms with Crippen LogP contribution in [0.2, 0.25) is 0 Å². The van der Waals surface area contributed by atoms with Crippen LogP contribution in [0, 0.1) is 5.92 Å². The first-order valence-electron chi connectivity index (χ1n) is 9.33. The van der Waals surface area contributed by atoms with Gasteiger partial charge in [0.15, 0.2) is 0 Å². The van der Waals surface area contributed by atoms with Crippen molar-refractivity contribution in [2.75, 3.05) is 22.9 Å². The van der Waals surface area contributed by atoms with Crippen LogP contribution in [0.15, 0.2) is 24.3 Å². The average molecular weight is 354 g/mol. The van der Waals surface area contributed by atoms with Crippen LogP contribution in [0.3, 0.4) is 0 Å². The number of carbonyl (C=O) groups excluding carboxylic acids is 3. The Balaban J connectivity index is 1.41. The lowest BCUT2D eigenvalue weighted by Crippen LogP contribution is -2.52. The lowest BCUT2D eigenvalue weighted by atomic mass is 9.96. The van der Waals surface area contributed by atoms with E-state index in [-0.39, 0.29) is 17.9 Å². The fourth-order valence-electron chi connectivity index (χ4n) is 5.26. The first-order valence-corrected chi connectivity index (χ1v) is 9.33. The number of fused-ring (bicyclic) bond motifs is 3. The van der Waals surface area contributed by atoms with Gasteiger partial charge in [-0.15, -0.1) is 0 Å². The molecule has 3 aliphatic heterocycles. The van der Waals surface area contributed by atoms with Crippen molar-refractivity contribution < 1.29 is 14.4 Å². The van der Waals surface area contributed by atoms with Gasteiger partial charge in [-0.25, -0.2) is 4.79 Å². The first-order chi connectivity index (χ1) is 12.5. The zero-order chi connectivity index (χ0) is 18.1. The van der Waals surface area contributed by atoms with Crippen LogP contribution in [-0.2, 0) is 9.59 Å². The number of nitrogens with two attached hydrogens (primary N) is 1. The standard InChI is InChI=1S/C19H22N4O3/c20-17(25)19-8-1-9-22(19)18(26)21(11-19)13-4-6-14(7-5-13)23-15-3-2-12(10-15)16(23)24/h4-7,12,15H,1-3,8-11H2,(H2,20,25)/t12?,15?,19-/m1/s1. The minimum Gasteiger partial charge on any atom is -0.368 e. The van der Waals surface area contributed by atoms with Gasteiger partial charge in [0.2, 0.25) is 11.8 Å². The van der Waals surface area contributed by atoms with E-state index in [9.17, 15) is 14.4 Å². The summed E-state index contributed by atoms with van der Waals surface area (Å²) in [5.74, 6) is -0.0248. The maximum Gasteiger partial charge on any atom is 0.325 e. The second kappa shape index (κ2) is 5.22. The number of hydrogen-bond donors (Lipinski definition) is 1. The van der Waals surface area contributed by atoms with Crippen LogP contribution in [0.5, 0.6) is 0 Å². The average Bonchev–Trinajstić information content (AvgIpc) is 3.37. The number of anilines is 2. The Morgan fingerprint density at radius 3 is 2.46 bits per heavy atom. The lowest BCUT2D eigenvalue weighted by molar-refractivity contribution is -0.125. The quantitative estimate of drug-likeness (QED) is 0.891. The highest BCUT2D eigenvalue weighted by molar-refractivity contribution is 6.03. The van der Waals surface area contributed by atoms with Crippen molar-refractivity contribution in [3.63, 3.8) is 0 Å². The Labute approximate surface area is 151 Å². The minimum absolute atomic E-state index is 0.162. The number of nitrogens with zero attached hydrogens (tertiary/aromatic N) is 3. The van der Waals surface area contributed by atoms with Gasteiger partial charge < -0.3 is 15.5 Å². The van der Waals surface area contributed by atoms with Gasteiger partial charge in [0.25, 0.3) is 0 Å². The normalized spacial score (nSPS) is 32.7. The number of urea groups is 1. The molecular weight excluding hydrogens is 332 g/mol. The number of amides is 4. The highest BCUT2D eigenvalue weighted by atomic mass is 16.2. The van der Waals surface area contributed by atoms with Crippen LogP contribution in [0.25, 0.3) is 0 Å². The molecular formula is C19H22N4O3. The lowest BCUT2D eigenvalue weighted by Gasteiger charge is -2.27. The minimum atomic E-state index is -0.875. The number of piperidine rings is 1. The zero-order valence-electron chi connectivity index (χ0n) is 14.6. The molecule has 4 aliphatic rings. The Kier molecular flexibility index (Phi) is 3.14. The molecule has 0 radical (unpaired) electrons. The highest BCUT2D eigenvalue weighted by Gasteiger charge is 2.56. The predicted molar refractivity (Wildman–Crippen MR) is 95.7 cm³/mol. The van der Waals surface area contributed by atoms with Gasteiger partial charge in [0, 0.05) is 29.9 Å². The van der Waals surface area contributed by atoms with Crippen LogP contribution >= 0.6 is 0 Å². The summed E-state index contributed by atoms with van der Waals surface area (Å²) in [5.41, 5.74) is 6.39. The predicted octanol–water partition coefficient (Wildman–Crippen LogP) is 1.46. The van der Waals surface area contributed by atoms with E-state index in [0.29, 0.717) is 25.6 Å². The van der Waals surface area contributed by atoms with Crippen molar-refractivity contribution >= 4 is 29.2 Å². The monoisotopic (exact) mass is 354 g/mol. The third kappa shape index (κ3) is 1.91. The summed E-state index contributed by atoms with van der Waals surface area (Å²) in [7, 11) is 0. The summed E-state index contributed by atoms with van der Waals surface area (Å²) in [6.45, 7) is 0.871. The highest BCUT2D eigenvalue weighted by Crippen LogP contribution is 2.42. The Morgan fingerprint density at radius 2 is 1.85 bits per heavy atom. The van der Waals surface area contributed by atoms with Crippen molar-refractivity contribution in [2.24, 2.45) is 11.7 Å². The van der Waals surface area contributed by atoms with E-state index in [4.69, 9.17) is 5.73 Å². The van der Waals surface area contributed by atoms with E-state index in [2.05, 4.69) is 0 Å². The van der Waals surface area contributed by atoms with E-state index in [1.54, 1.807) is 9.80 Å². The van der Waals surface area contributed by atoms with E-state index in [1.807, 2.05) is 29.2 Å². The zero-order valence-corrected chi connectivity index (χ0v) is 14.6. The molecule has 3 heterocycles. The molecule has 1 saturated carbocycles. The Bertz CT molecular complexity index is 808. The summed E-state index contributed by atoms with van der Waals surface area (Å²) < 4.78 is 0. The molecule has 3 atom stereocenters.